The van der Waals surface area contributed by atoms with Gasteiger partial charge in [0.25, 0.3) is 0 Å². The number of aryl methyl sites for hydroxylation is 1. The van der Waals surface area contributed by atoms with Crippen molar-refractivity contribution in [3.63, 3.8) is 0 Å². The third-order valence-corrected chi connectivity index (χ3v) is 5.18. The molecule has 0 atom stereocenters. The number of anilines is 2. The van der Waals surface area contributed by atoms with E-state index in [-0.39, 0.29) is 6.54 Å². The summed E-state index contributed by atoms with van der Waals surface area (Å²) in [4.78, 5) is 12.2. The number of carbonyl (C=O) groups is 1. The molecule has 0 radical (unpaired) electrons. The predicted molar refractivity (Wildman–Crippen MR) is 96.1 cm³/mol. The molecule has 1 N–H and O–H groups in total. The molecule has 0 aliphatic carbocycles. The molecule has 0 saturated heterocycles. The average Bonchev–Trinajstić information content (AvgIpc) is 2.48. The van der Waals surface area contributed by atoms with Crippen molar-refractivity contribution in [3.05, 3.63) is 58.6 Å². The fourth-order valence-corrected chi connectivity index (χ4v) is 3.23. The van der Waals surface area contributed by atoms with Gasteiger partial charge in [0.15, 0.2) is 0 Å². The first-order valence-corrected chi connectivity index (χ1v) is 9.50. The Labute approximate surface area is 144 Å². The van der Waals surface area contributed by atoms with Crippen LogP contribution in [0.15, 0.2) is 53.0 Å². The Bertz CT molecular complexity index is 807. The molecule has 2 aromatic carbocycles. The van der Waals surface area contributed by atoms with Crippen LogP contribution in [0.2, 0.25) is 0 Å². The molecule has 0 saturated carbocycles. The number of hydrogen-bond donors (Lipinski definition) is 1. The first kappa shape index (κ1) is 17.5. The number of benzene rings is 2. The molecule has 0 spiro atoms. The van der Waals surface area contributed by atoms with Gasteiger partial charge in [0.05, 0.1) is 11.9 Å². The minimum Gasteiger partial charge on any atom is -0.324 e. The van der Waals surface area contributed by atoms with Crippen LogP contribution in [0.1, 0.15) is 5.56 Å². The fourth-order valence-electron chi connectivity index (χ4n) is 2.00. The number of hydrogen-bond acceptors (Lipinski definition) is 3. The Morgan fingerprint density at radius 1 is 1.17 bits per heavy atom. The molecular formula is C16H17BrN2O3S. The van der Waals surface area contributed by atoms with Gasteiger partial charge in [-0.25, -0.2) is 8.42 Å². The molecule has 23 heavy (non-hydrogen) atoms. The van der Waals surface area contributed by atoms with E-state index in [1.54, 1.807) is 42.5 Å². The average molecular weight is 397 g/mol. The molecule has 0 aliphatic rings. The Hall–Kier alpha value is -1.86. The highest BCUT2D eigenvalue weighted by Gasteiger charge is 2.20. The summed E-state index contributed by atoms with van der Waals surface area (Å²) in [6.07, 6.45) is 1.08. The number of sulfonamides is 1. The number of rotatable bonds is 5. The summed E-state index contributed by atoms with van der Waals surface area (Å²) in [5.74, 6) is -0.407. The van der Waals surface area contributed by atoms with Gasteiger partial charge < -0.3 is 5.32 Å². The Morgan fingerprint density at radius 3 is 2.39 bits per heavy atom. The lowest BCUT2D eigenvalue weighted by Crippen LogP contribution is -2.37. The van der Waals surface area contributed by atoms with Crippen molar-refractivity contribution in [1.29, 1.82) is 0 Å². The normalized spacial score (nSPS) is 11.1. The van der Waals surface area contributed by atoms with E-state index in [1.807, 2.05) is 13.0 Å². The number of amides is 1. The summed E-state index contributed by atoms with van der Waals surface area (Å²) in [7, 11) is -3.56. The summed E-state index contributed by atoms with van der Waals surface area (Å²) in [5, 5.41) is 2.71. The summed E-state index contributed by atoms with van der Waals surface area (Å²) >= 11 is 3.40. The predicted octanol–water partition coefficient (Wildman–Crippen LogP) is 3.16. The molecule has 122 valence electrons. The monoisotopic (exact) mass is 396 g/mol. The highest BCUT2D eigenvalue weighted by Crippen LogP contribution is 2.21. The van der Waals surface area contributed by atoms with Crippen molar-refractivity contribution >= 4 is 43.2 Å². The summed E-state index contributed by atoms with van der Waals surface area (Å²) in [6.45, 7) is 1.66. The SMILES string of the molecule is Cc1ccc(NC(=O)CN(c2ccccc2)S(C)(=O)=O)cc1Br. The van der Waals surface area contributed by atoms with Crippen molar-refractivity contribution in [3.8, 4) is 0 Å². The zero-order chi connectivity index (χ0) is 17.0. The van der Waals surface area contributed by atoms with Crippen LogP contribution in [0.4, 0.5) is 11.4 Å². The van der Waals surface area contributed by atoms with Crippen molar-refractivity contribution < 1.29 is 13.2 Å². The van der Waals surface area contributed by atoms with Crippen molar-refractivity contribution in [2.45, 2.75) is 6.92 Å². The zero-order valence-electron chi connectivity index (χ0n) is 12.8. The van der Waals surface area contributed by atoms with Crippen LogP contribution in [-0.2, 0) is 14.8 Å². The molecule has 7 heteroatoms. The third kappa shape index (κ3) is 4.80. The molecule has 5 nitrogen and oxygen atoms in total. The highest BCUT2D eigenvalue weighted by molar-refractivity contribution is 9.10. The molecule has 0 fully saturated rings. The zero-order valence-corrected chi connectivity index (χ0v) is 15.2. The molecular weight excluding hydrogens is 380 g/mol. The van der Waals surface area contributed by atoms with Gasteiger partial charge in [0.2, 0.25) is 15.9 Å². The van der Waals surface area contributed by atoms with Crippen LogP contribution in [0.5, 0.6) is 0 Å². The van der Waals surface area contributed by atoms with Gasteiger partial charge in [-0.1, -0.05) is 40.2 Å². The Morgan fingerprint density at radius 2 is 1.83 bits per heavy atom. The molecule has 0 unspecified atom stereocenters. The molecule has 1 amide bonds. The second kappa shape index (κ2) is 7.14. The maximum atomic E-state index is 12.2. The fraction of sp³-hybridized carbons (Fsp3) is 0.188. The molecule has 2 aromatic rings. The lowest BCUT2D eigenvalue weighted by atomic mass is 10.2. The van der Waals surface area contributed by atoms with Crippen molar-refractivity contribution in [2.75, 3.05) is 22.4 Å². The van der Waals surface area contributed by atoms with E-state index < -0.39 is 15.9 Å². The standard InChI is InChI=1S/C16H17BrN2O3S/c1-12-8-9-13(10-15(12)17)18-16(20)11-19(23(2,21)22)14-6-4-3-5-7-14/h3-10H,11H2,1-2H3,(H,18,20). The van der Waals surface area contributed by atoms with Crippen molar-refractivity contribution in [2.24, 2.45) is 0 Å². The van der Waals surface area contributed by atoms with E-state index in [4.69, 9.17) is 0 Å². The first-order chi connectivity index (χ1) is 10.8. The number of nitrogens with zero attached hydrogens (tertiary/aromatic N) is 1. The maximum Gasteiger partial charge on any atom is 0.245 e. The summed E-state index contributed by atoms with van der Waals surface area (Å²) in [5.41, 5.74) is 2.11. The van der Waals surface area contributed by atoms with Gasteiger partial charge in [-0.3, -0.25) is 9.10 Å². The smallest absolute Gasteiger partial charge is 0.245 e. The van der Waals surface area contributed by atoms with E-state index in [2.05, 4.69) is 21.2 Å². The molecule has 0 aromatic heterocycles. The minimum atomic E-state index is -3.56. The topological polar surface area (TPSA) is 66.5 Å². The molecule has 0 heterocycles. The maximum absolute atomic E-state index is 12.2. The molecule has 0 bridgehead atoms. The van der Waals surface area contributed by atoms with Crippen LogP contribution in [-0.4, -0.2) is 27.1 Å². The van der Waals surface area contributed by atoms with Gasteiger partial charge in [-0.2, -0.15) is 0 Å². The lowest BCUT2D eigenvalue weighted by molar-refractivity contribution is -0.114. The first-order valence-electron chi connectivity index (χ1n) is 6.86. The summed E-state index contributed by atoms with van der Waals surface area (Å²) < 4.78 is 25.9. The quantitative estimate of drug-likeness (QED) is 0.843. The van der Waals surface area contributed by atoms with Gasteiger partial charge in [0, 0.05) is 10.2 Å². The van der Waals surface area contributed by atoms with Crippen LogP contribution < -0.4 is 9.62 Å². The minimum absolute atomic E-state index is 0.283. The largest absolute Gasteiger partial charge is 0.324 e. The molecule has 0 aliphatic heterocycles. The van der Waals surface area contributed by atoms with Crippen LogP contribution in [0.25, 0.3) is 0 Å². The third-order valence-electron chi connectivity index (χ3n) is 3.19. The van der Waals surface area contributed by atoms with Gasteiger partial charge >= 0.3 is 0 Å². The summed E-state index contributed by atoms with van der Waals surface area (Å²) in [6, 6.07) is 13.9. The number of nitrogens with one attached hydrogen (secondary N) is 1. The Kier molecular flexibility index (Phi) is 5.43. The van der Waals surface area contributed by atoms with Crippen molar-refractivity contribution in [1.82, 2.24) is 0 Å². The second-order valence-electron chi connectivity index (χ2n) is 5.12. The van der Waals surface area contributed by atoms with Gasteiger partial charge in [-0.05, 0) is 36.8 Å². The van der Waals surface area contributed by atoms with E-state index >= 15 is 0 Å². The van der Waals surface area contributed by atoms with E-state index in [0.717, 1.165) is 20.6 Å². The van der Waals surface area contributed by atoms with Crippen LogP contribution in [0.3, 0.4) is 0 Å². The van der Waals surface area contributed by atoms with E-state index in [1.165, 1.54) is 0 Å². The van der Waals surface area contributed by atoms with Crippen LogP contribution >= 0.6 is 15.9 Å². The highest BCUT2D eigenvalue weighted by atomic mass is 79.9. The van der Waals surface area contributed by atoms with Crippen LogP contribution in [0, 0.1) is 6.92 Å². The Balaban J connectivity index is 2.17. The van der Waals surface area contributed by atoms with E-state index in [0.29, 0.717) is 11.4 Å². The second-order valence-corrected chi connectivity index (χ2v) is 7.88. The van der Waals surface area contributed by atoms with Gasteiger partial charge in [0.1, 0.15) is 6.54 Å². The lowest BCUT2D eigenvalue weighted by Gasteiger charge is -2.21. The molecule has 2 rings (SSSR count). The number of carbonyl (C=O) groups excluding carboxylic acids is 1. The van der Waals surface area contributed by atoms with E-state index in [9.17, 15) is 13.2 Å². The van der Waals surface area contributed by atoms with Gasteiger partial charge in [-0.15, -0.1) is 0 Å². The number of para-hydroxylation sites is 1. The number of halogens is 1.